The highest BCUT2D eigenvalue weighted by Gasteiger charge is 2.24. The van der Waals surface area contributed by atoms with Crippen molar-refractivity contribution in [1.29, 1.82) is 0 Å². The SMILES string of the molecule is C[C@H]1C[C@@H](C(=O)Nc2ccc(Sc3nncs3)c(Cl)c2)CCN1. The van der Waals surface area contributed by atoms with Crippen LogP contribution in [0.1, 0.15) is 19.8 Å². The van der Waals surface area contributed by atoms with Crippen LogP contribution in [0.5, 0.6) is 0 Å². The monoisotopic (exact) mass is 368 g/mol. The van der Waals surface area contributed by atoms with E-state index in [2.05, 4.69) is 27.8 Å². The average Bonchev–Trinajstić information content (AvgIpc) is 3.03. The largest absolute Gasteiger partial charge is 0.326 e. The molecule has 2 aromatic rings. The number of anilines is 1. The maximum Gasteiger partial charge on any atom is 0.227 e. The Morgan fingerprint density at radius 1 is 1.52 bits per heavy atom. The average molecular weight is 369 g/mol. The zero-order chi connectivity index (χ0) is 16.2. The number of aromatic nitrogens is 2. The van der Waals surface area contributed by atoms with Crippen LogP contribution in [-0.4, -0.2) is 28.7 Å². The van der Waals surface area contributed by atoms with Gasteiger partial charge in [0.15, 0.2) is 4.34 Å². The number of rotatable bonds is 4. The maximum absolute atomic E-state index is 12.4. The molecule has 0 radical (unpaired) electrons. The van der Waals surface area contributed by atoms with Crippen molar-refractivity contribution in [3.63, 3.8) is 0 Å². The lowest BCUT2D eigenvalue weighted by Crippen LogP contribution is -2.40. The summed E-state index contributed by atoms with van der Waals surface area (Å²) >= 11 is 9.25. The quantitative estimate of drug-likeness (QED) is 0.861. The highest BCUT2D eigenvalue weighted by Crippen LogP contribution is 2.35. The Bertz CT molecular complexity index is 680. The number of nitrogens with one attached hydrogen (secondary N) is 2. The Morgan fingerprint density at radius 3 is 3.09 bits per heavy atom. The van der Waals surface area contributed by atoms with Gasteiger partial charge in [-0.15, -0.1) is 10.2 Å². The van der Waals surface area contributed by atoms with Crippen LogP contribution in [0.3, 0.4) is 0 Å². The molecule has 0 bridgehead atoms. The second-order valence-corrected chi connectivity index (χ2v) is 8.05. The number of piperidine rings is 1. The van der Waals surface area contributed by atoms with Gasteiger partial charge in [0.2, 0.25) is 5.91 Å². The topological polar surface area (TPSA) is 66.9 Å². The van der Waals surface area contributed by atoms with E-state index in [-0.39, 0.29) is 11.8 Å². The number of nitrogens with zero attached hydrogens (tertiary/aromatic N) is 2. The molecule has 1 amide bonds. The van der Waals surface area contributed by atoms with Crippen molar-refractivity contribution in [3.8, 4) is 0 Å². The van der Waals surface area contributed by atoms with Gasteiger partial charge in [-0.25, -0.2) is 0 Å². The molecule has 0 unspecified atom stereocenters. The third-order valence-electron chi connectivity index (χ3n) is 3.73. The molecule has 0 saturated carbocycles. The maximum atomic E-state index is 12.4. The van der Waals surface area contributed by atoms with E-state index in [0.29, 0.717) is 11.1 Å². The van der Waals surface area contributed by atoms with Gasteiger partial charge in [0.25, 0.3) is 0 Å². The second-order valence-electron chi connectivity index (χ2n) is 5.52. The first kappa shape index (κ1) is 16.7. The summed E-state index contributed by atoms with van der Waals surface area (Å²) in [6.07, 6.45) is 1.74. The minimum absolute atomic E-state index is 0.0560. The smallest absolute Gasteiger partial charge is 0.227 e. The lowest BCUT2D eigenvalue weighted by molar-refractivity contribution is -0.120. The van der Waals surface area contributed by atoms with Crippen LogP contribution < -0.4 is 10.6 Å². The van der Waals surface area contributed by atoms with Crippen molar-refractivity contribution in [2.45, 2.75) is 35.0 Å². The predicted molar refractivity (Wildman–Crippen MR) is 94.3 cm³/mol. The lowest BCUT2D eigenvalue weighted by Gasteiger charge is -2.27. The van der Waals surface area contributed by atoms with Gasteiger partial charge in [-0.1, -0.05) is 34.7 Å². The van der Waals surface area contributed by atoms with Crippen LogP contribution in [0.2, 0.25) is 5.02 Å². The highest BCUT2D eigenvalue weighted by atomic mass is 35.5. The number of halogens is 1. The van der Waals surface area contributed by atoms with Crippen LogP contribution >= 0.6 is 34.7 Å². The molecule has 5 nitrogen and oxygen atoms in total. The summed E-state index contributed by atoms with van der Waals surface area (Å²) in [6, 6.07) is 5.94. The first-order valence-corrected chi connectivity index (χ1v) is 9.47. The van der Waals surface area contributed by atoms with E-state index in [1.807, 2.05) is 12.1 Å². The fourth-order valence-corrected chi connectivity index (χ4v) is 4.31. The standard InChI is InChI=1S/C15H17ClN4OS2/c1-9-6-10(4-5-17-9)14(21)19-11-2-3-13(12(16)7-11)23-15-20-18-8-22-15/h2-3,7-10,17H,4-6H2,1H3,(H,19,21)/t9-,10-/m0/s1. The number of carbonyl (C=O) groups is 1. The van der Waals surface area contributed by atoms with E-state index in [4.69, 9.17) is 11.6 Å². The summed E-state index contributed by atoms with van der Waals surface area (Å²) in [5.41, 5.74) is 2.41. The molecule has 1 aromatic heterocycles. The summed E-state index contributed by atoms with van der Waals surface area (Å²) in [5.74, 6) is 0.124. The molecule has 1 aliphatic rings. The predicted octanol–water partition coefficient (Wildman–Crippen LogP) is 3.67. The van der Waals surface area contributed by atoms with Gasteiger partial charge < -0.3 is 10.6 Å². The van der Waals surface area contributed by atoms with Gasteiger partial charge in [0.1, 0.15) is 5.51 Å². The number of hydrogen-bond acceptors (Lipinski definition) is 6. The number of amides is 1. The van der Waals surface area contributed by atoms with E-state index >= 15 is 0 Å². The van der Waals surface area contributed by atoms with Gasteiger partial charge in [-0.2, -0.15) is 0 Å². The van der Waals surface area contributed by atoms with Crippen LogP contribution in [0, 0.1) is 5.92 Å². The van der Waals surface area contributed by atoms with E-state index in [1.165, 1.54) is 23.1 Å². The highest BCUT2D eigenvalue weighted by molar-refractivity contribution is 8.01. The molecule has 8 heteroatoms. The Morgan fingerprint density at radius 2 is 2.39 bits per heavy atom. The summed E-state index contributed by atoms with van der Waals surface area (Å²) < 4.78 is 0.840. The molecule has 0 spiro atoms. The van der Waals surface area contributed by atoms with Crippen molar-refractivity contribution < 1.29 is 4.79 Å². The minimum Gasteiger partial charge on any atom is -0.326 e. The normalized spacial score (nSPS) is 21.1. The Kier molecular flexibility index (Phi) is 5.53. The molecule has 1 aliphatic heterocycles. The van der Waals surface area contributed by atoms with Crippen molar-refractivity contribution >= 4 is 46.3 Å². The Hall–Kier alpha value is -1.15. The van der Waals surface area contributed by atoms with Gasteiger partial charge in [-0.3, -0.25) is 4.79 Å². The van der Waals surface area contributed by atoms with Crippen molar-refractivity contribution in [2.75, 3.05) is 11.9 Å². The third-order valence-corrected chi connectivity index (χ3v) is 6.01. The van der Waals surface area contributed by atoms with Crippen LogP contribution in [-0.2, 0) is 4.79 Å². The molecular weight excluding hydrogens is 352 g/mol. The van der Waals surface area contributed by atoms with Gasteiger partial charge in [0, 0.05) is 22.5 Å². The van der Waals surface area contributed by atoms with Crippen LogP contribution in [0.15, 0.2) is 32.9 Å². The molecular formula is C15H17ClN4OS2. The lowest BCUT2D eigenvalue weighted by atomic mass is 9.92. The van der Waals surface area contributed by atoms with E-state index in [0.717, 1.165) is 34.3 Å². The van der Waals surface area contributed by atoms with Gasteiger partial charge >= 0.3 is 0 Å². The molecule has 122 valence electrons. The van der Waals surface area contributed by atoms with Crippen molar-refractivity contribution in [3.05, 3.63) is 28.7 Å². The first-order valence-electron chi connectivity index (χ1n) is 7.39. The molecule has 0 aliphatic carbocycles. The molecule has 2 atom stereocenters. The van der Waals surface area contributed by atoms with Crippen LogP contribution in [0.25, 0.3) is 0 Å². The summed E-state index contributed by atoms with van der Waals surface area (Å²) in [4.78, 5) is 13.3. The summed E-state index contributed by atoms with van der Waals surface area (Å²) in [6.45, 7) is 2.99. The molecule has 1 fully saturated rings. The van der Waals surface area contributed by atoms with E-state index in [9.17, 15) is 4.79 Å². The van der Waals surface area contributed by atoms with Gasteiger partial charge in [0.05, 0.1) is 5.02 Å². The molecule has 1 aromatic carbocycles. The number of benzene rings is 1. The zero-order valence-electron chi connectivity index (χ0n) is 12.6. The molecule has 23 heavy (non-hydrogen) atoms. The van der Waals surface area contributed by atoms with E-state index in [1.54, 1.807) is 11.6 Å². The second kappa shape index (κ2) is 7.61. The fourth-order valence-electron chi connectivity index (χ4n) is 2.58. The molecule has 3 rings (SSSR count). The Labute approximate surface area is 148 Å². The Balaban J connectivity index is 1.64. The van der Waals surface area contributed by atoms with Gasteiger partial charge in [-0.05, 0) is 44.5 Å². The van der Waals surface area contributed by atoms with Crippen molar-refractivity contribution in [1.82, 2.24) is 15.5 Å². The molecule has 2 N–H and O–H groups in total. The minimum atomic E-state index is 0.0560. The van der Waals surface area contributed by atoms with Crippen LogP contribution in [0.4, 0.5) is 5.69 Å². The molecule has 1 saturated heterocycles. The zero-order valence-corrected chi connectivity index (χ0v) is 15.0. The molecule has 2 heterocycles. The van der Waals surface area contributed by atoms with E-state index < -0.39 is 0 Å². The summed E-state index contributed by atoms with van der Waals surface area (Å²) in [7, 11) is 0. The first-order chi connectivity index (χ1) is 11.1. The number of hydrogen-bond donors (Lipinski definition) is 2. The number of carbonyl (C=O) groups excluding carboxylic acids is 1. The fraction of sp³-hybridized carbons (Fsp3) is 0.400. The van der Waals surface area contributed by atoms with Crippen molar-refractivity contribution in [2.24, 2.45) is 5.92 Å². The summed E-state index contributed by atoms with van der Waals surface area (Å²) in [5, 5.41) is 14.7. The third kappa shape index (κ3) is 4.44.